The van der Waals surface area contributed by atoms with Crippen LogP contribution in [0.4, 0.5) is 11.6 Å². The molecule has 3 rings (SSSR count). The van der Waals surface area contributed by atoms with E-state index < -0.39 is 5.56 Å². The van der Waals surface area contributed by atoms with Crippen LogP contribution in [0.5, 0.6) is 5.75 Å². The molecule has 1 heterocycles. The summed E-state index contributed by atoms with van der Waals surface area (Å²) in [5.41, 5.74) is 1.15. The van der Waals surface area contributed by atoms with Crippen molar-refractivity contribution in [2.24, 2.45) is 0 Å². The van der Waals surface area contributed by atoms with E-state index in [1.807, 2.05) is 30.3 Å². The van der Waals surface area contributed by atoms with Crippen molar-refractivity contribution in [3.05, 3.63) is 80.7 Å². The molecule has 0 saturated heterocycles. The molecule has 25 heavy (non-hydrogen) atoms. The maximum atomic E-state index is 12.1. The van der Waals surface area contributed by atoms with Crippen LogP contribution in [0.15, 0.2) is 59.5 Å². The molecule has 0 fully saturated rings. The monoisotopic (exact) mass is 375 g/mol. The van der Waals surface area contributed by atoms with Gasteiger partial charge in [0.05, 0.1) is 30.6 Å². The van der Waals surface area contributed by atoms with Gasteiger partial charge in [0.1, 0.15) is 0 Å². The quantitative estimate of drug-likeness (QED) is 0.719. The molecular formula is C18H15Cl2N3O2. The summed E-state index contributed by atoms with van der Waals surface area (Å²) in [4.78, 5) is 16.1. The molecule has 0 aliphatic rings. The number of nitrogens with zero attached hydrogens (tertiary/aromatic N) is 2. The Morgan fingerprint density at radius 2 is 1.92 bits per heavy atom. The molecule has 0 radical (unpaired) electrons. The molecule has 5 nitrogen and oxygen atoms in total. The zero-order valence-electron chi connectivity index (χ0n) is 13.4. The minimum atomic E-state index is -0.465. The molecular weight excluding hydrogens is 361 g/mol. The SMILES string of the molecule is COc1cn(Cc2ccccc2)c(Nc2cc(Cl)ccc2Cl)nc1=O. The molecule has 0 saturated carbocycles. The van der Waals surface area contributed by atoms with Gasteiger partial charge in [-0.1, -0.05) is 53.5 Å². The van der Waals surface area contributed by atoms with Crippen molar-refractivity contribution >= 4 is 34.8 Å². The van der Waals surface area contributed by atoms with Gasteiger partial charge < -0.3 is 14.6 Å². The van der Waals surface area contributed by atoms with Gasteiger partial charge in [0.25, 0.3) is 0 Å². The van der Waals surface area contributed by atoms with E-state index in [9.17, 15) is 4.79 Å². The number of aromatic nitrogens is 2. The topological polar surface area (TPSA) is 56.1 Å². The van der Waals surface area contributed by atoms with E-state index in [0.717, 1.165) is 5.56 Å². The fourth-order valence-electron chi connectivity index (χ4n) is 2.33. The van der Waals surface area contributed by atoms with Crippen molar-refractivity contribution in [2.75, 3.05) is 12.4 Å². The first-order valence-electron chi connectivity index (χ1n) is 7.48. The van der Waals surface area contributed by atoms with Crippen LogP contribution in [0.2, 0.25) is 10.0 Å². The Kier molecular flexibility index (Phi) is 5.26. The third kappa shape index (κ3) is 4.13. The molecule has 3 aromatic rings. The second-order valence-corrected chi connectivity index (χ2v) is 6.14. The Hall–Kier alpha value is -2.50. The smallest absolute Gasteiger partial charge is 0.316 e. The number of benzene rings is 2. The van der Waals surface area contributed by atoms with Crippen molar-refractivity contribution in [3.63, 3.8) is 0 Å². The molecule has 0 unspecified atom stereocenters. The molecule has 0 spiro atoms. The third-order valence-electron chi connectivity index (χ3n) is 3.55. The number of hydrogen-bond donors (Lipinski definition) is 1. The molecule has 1 N–H and O–H groups in total. The highest BCUT2D eigenvalue weighted by atomic mass is 35.5. The molecule has 2 aromatic carbocycles. The molecule has 0 aliphatic heterocycles. The van der Waals surface area contributed by atoms with Gasteiger partial charge in [-0.15, -0.1) is 0 Å². The van der Waals surface area contributed by atoms with Crippen LogP contribution in [0.25, 0.3) is 0 Å². The van der Waals surface area contributed by atoms with Crippen LogP contribution in [-0.4, -0.2) is 16.7 Å². The van der Waals surface area contributed by atoms with Crippen LogP contribution in [-0.2, 0) is 6.54 Å². The van der Waals surface area contributed by atoms with Crippen LogP contribution < -0.4 is 15.6 Å². The summed E-state index contributed by atoms with van der Waals surface area (Å²) in [6.07, 6.45) is 1.61. The predicted molar refractivity (Wildman–Crippen MR) is 100 cm³/mol. The van der Waals surface area contributed by atoms with E-state index in [1.165, 1.54) is 7.11 Å². The predicted octanol–water partition coefficient (Wildman–Crippen LogP) is 4.35. The van der Waals surface area contributed by atoms with Crippen molar-refractivity contribution in [1.29, 1.82) is 0 Å². The van der Waals surface area contributed by atoms with Crippen LogP contribution in [0.1, 0.15) is 5.56 Å². The number of nitrogens with one attached hydrogen (secondary N) is 1. The molecule has 0 bridgehead atoms. The fraction of sp³-hybridized carbons (Fsp3) is 0.111. The van der Waals surface area contributed by atoms with E-state index in [1.54, 1.807) is 29.0 Å². The third-order valence-corrected chi connectivity index (χ3v) is 4.12. The highest BCUT2D eigenvalue weighted by molar-refractivity contribution is 6.35. The standard InChI is InChI=1S/C18H15Cl2N3O2/c1-25-16-11-23(10-12-5-3-2-4-6-12)18(22-17(16)24)21-15-9-13(19)7-8-14(15)20/h2-9,11H,10H2,1H3,(H,21,22,24). The van der Waals surface area contributed by atoms with Crippen molar-refractivity contribution < 1.29 is 4.74 Å². The van der Waals surface area contributed by atoms with E-state index >= 15 is 0 Å². The normalized spacial score (nSPS) is 10.5. The Bertz CT molecular complexity index is 943. The molecule has 0 atom stereocenters. The van der Waals surface area contributed by atoms with Gasteiger partial charge in [-0.05, 0) is 23.8 Å². The molecule has 128 valence electrons. The van der Waals surface area contributed by atoms with Gasteiger partial charge in [-0.2, -0.15) is 4.98 Å². The van der Waals surface area contributed by atoms with E-state index in [0.29, 0.717) is 28.2 Å². The Labute approximate surface area is 154 Å². The second-order valence-electron chi connectivity index (χ2n) is 5.30. The summed E-state index contributed by atoms with van der Waals surface area (Å²) < 4.78 is 6.89. The average molecular weight is 376 g/mol. The zero-order valence-corrected chi connectivity index (χ0v) is 14.9. The number of methoxy groups -OCH3 is 1. The summed E-state index contributed by atoms with van der Waals surface area (Å²) in [6.45, 7) is 0.505. The highest BCUT2D eigenvalue weighted by Gasteiger charge is 2.11. The Balaban J connectivity index is 2.03. The molecule has 7 heteroatoms. The average Bonchev–Trinajstić information content (AvgIpc) is 2.61. The first kappa shape index (κ1) is 17.3. The molecule has 1 aromatic heterocycles. The first-order chi connectivity index (χ1) is 12.1. The number of hydrogen-bond acceptors (Lipinski definition) is 4. The fourth-order valence-corrected chi connectivity index (χ4v) is 2.66. The van der Waals surface area contributed by atoms with E-state index in [-0.39, 0.29) is 5.75 Å². The van der Waals surface area contributed by atoms with E-state index in [4.69, 9.17) is 27.9 Å². The van der Waals surface area contributed by atoms with Gasteiger partial charge in [-0.3, -0.25) is 4.79 Å². The van der Waals surface area contributed by atoms with Crippen LogP contribution >= 0.6 is 23.2 Å². The van der Waals surface area contributed by atoms with Crippen LogP contribution in [0, 0.1) is 0 Å². The number of halogens is 2. The summed E-state index contributed by atoms with van der Waals surface area (Å²) in [5.74, 6) is 0.512. The zero-order chi connectivity index (χ0) is 17.8. The highest BCUT2D eigenvalue weighted by Crippen LogP contribution is 2.28. The maximum absolute atomic E-state index is 12.1. The first-order valence-corrected chi connectivity index (χ1v) is 8.24. The van der Waals surface area contributed by atoms with Crippen LogP contribution in [0.3, 0.4) is 0 Å². The van der Waals surface area contributed by atoms with Crippen molar-refractivity contribution in [2.45, 2.75) is 6.54 Å². The maximum Gasteiger partial charge on any atom is 0.316 e. The van der Waals surface area contributed by atoms with Gasteiger partial charge in [0.15, 0.2) is 0 Å². The molecule has 0 amide bonds. The lowest BCUT2D eigenvalue weighted by atomic mass is 10.2. The lowest BCUT2D eigenvalue weighted by molar-refractivity contribution is 0.402. The Morgan fingerprint density at radius 1 is 1.16 bits per heavy atom. The minimum absolute atomic E-state index is 0.165. The minimum Gasteiger partial charge on any atom is -0.490 e. The van der Waals surface area contributed by atoms with Crippen molar-refractivity contribution in [3.8, 4) is 5.75 Å². The van der Waals surface area contributed by atoms with Gasteiger partial charge in [0, 0.05) is 5.02 Å². The largest absolute Gasteiger partial charge is 0.490 e. The summed E-state index contributed by atoms with van der Waals surface area (Å²) in [5, 5.41) is 4.07. The van der Waals surface area contributed by atoms with E-state index in [2.05, 4.69) is 10.3 Å². The summed E-state index contributed by atoms with van der Waals surface area (Å²) in [6, 6.07) is 14.9. The van der Waals surface area contributed by atoms with Crippen molar-refractivity contribution in [1.82, 2.24) is 9.55 Å². The number of ether oxygens (including phenoxy) is 1. The van der Waals surface area contributed by atoms with Gasteiger partial charge in [-0.25, -0.2) is 0 Å². The van der Waals surface area contributed by atoms with Gasteiger partial charge in [0.2, 0.25) is 11.7 Å². The lowest BCUT2D eigenvalue weighted by Crippen LogP contribution is -2.18. The summed E-state index contributed by atoms with van der Waals surface area (Å²) in [7, 11) is 1.44. The van der Waals surface area contributed by atoms with Gasteiger partial charge >= 0.3 is 5.56 Å². The summed E-state index contributed by atoms with van der Waals surface area (Å²) >= 11 is 12.2. The Morgan fingerprint density at radius 3 is 2.64 bits per heavy atom. The lowest BCUT2D eigenvalue weighted by Gasteiger charge is -2.16. The number of anilines is 2. The second kappa shape index (κ2) is 7.59. The molecule has 0 aliphatic carbocycles. The number of rotatable bonds is 5.